The molecule has 1 unspecified atom stereocenters. The van der Waals surface area contributed by atoms with Crippen molar-refractivity contribution in [2.24, 2.45) is 5.92 Å². The molecule has 5 atom stereocenters. The number of rotatable bonds is 6. The van der Waals surface area contributed by atoms with Crippen LogP contribution in [0.2, 0.25) is 0 Å². The van der Waals surface area contributed by atoms with E-state index in [0.29, 0.717) is 24.0 Å². The maximum atomic E-state index is 6.06. The van der Waals surface area contributed by atoms with E-state index in [0.717, 1.165) is 6.42 Å². The van der Waals surface area contributed by atoms with Crippen molar-refractivity contribution in [2.45, 2.75) is 64.7 Å². The zero-order valence-electron chi connectivity index (χ0n) is 13.5. The summed E-state index contributed by atoms with van der Waals surface area (Å²) in [5, 5.41) is 0. The first kappa shape index (κ1) is 15.8. The SMILES string of the molecule is COc1ccoc1CO[C@@H]1[C@H]2OC(C)O[C@H]2O[C@@H]1CC(C)C. The van der Waals surface area contributed by atoms with Crippen LogP contribution in [0.15, 0.2) is 16.7 Å². The molecule has 0 radical (unpaired) electrons. The fourth-order valence-corrected chi connectivity index (χ4v) is 3.03. The lowest BCUT2D eigenvalue weighted by molar-refractivity contribution is -0.171. The highest BCUT2D eigenvalue weighted by Gasteiger charge is 2.52. The first-order valence-corrected chi connectivity index (χ1v) is 7.76. The summed E-state index contributed by atoms with van der Waals surface area (Å²) in [5.74, 6) is 1.86. The standard InChI is InChI=1S/C16H24O6/c1-9(2)7-12-14(15-16(22-12)21-10(3)20-15)19-8-13-11(17-4)5-6-18-13/h5-6,9-10,12,14-16H,7-8H2,1-4H3/t10?,12-,14+,15-,16+/m1/s1. The fraction of sp³-hybridized carbons (Fsp3) is 0.750. The number of hydrogen-bond acceptors (Lipinski definition) is 6. The average molecular weight is 312 g/mol. The van der Waals surface area contributed by atoms with Crippen LogP contribution in [0.3, 0.4) is 0 Å². The molecule has 0 bridgehead atoms. The molecular formula is C16H24O6. The molecule has 124 valence electrons. The van der Waals surface area contributed by atoms with Gasteiger partial charge in [-0.1, -0.05) is 13.8 Å². The van der Waals surface area contributed by atoms with Gasteiger partial charge in [0.2, 0.25) is 0 Å². The summed E-state index contributed by atoms with van der Waals surface area (Å²) in [6.07, 6.45) is 1.47. The maximum Gasteiger partial charge on any atom is 0.189 e. The maximum absolute atomic E-state index is 6.06. The molecular weight excluding hydrogens is 288 g/mol. The van der Waals surface area contributed by atoms with Gasteiger partial charge in [-0.3, -0.25) is 0 Å². The summed E-state index contributed by atoms with van der Waals surface area (Å²) in [5.41, 5.74) is 0. The quantitative estimate of drug-likeness (QED) is 0.805. The highest BCUT2D eigenvalue weighted by molar-refractivity contribution is 5.23. The first-order valence-electron chi connectivity index (χ1n) is 7.76. The summed E-state index contributed by atoms with van der Waals surface area (Å²) in [6.45, 7) is 6.51. The van der Waals surface area contributed by atoms with Crippen molar-refractivity contribution >= 4 is 0 Å². The lowest BCUT2D eigenvalue weighted by Gasteiger charge is -2.23. The Kier molecular flexibility index (Phi) is 4.73. The van der Waals surface area contributed by atoms with Crippen LogP contribution in [0.25, 0.3) is 0 Å². The zero-order chi connectivity index (χ0) is 15.7. The van der Waals surface area contributed by atoms with E-state index in [4.69, 9.17) is 28.1 Å². The monoisotopic (exact) mass is 312 g/mol. The molecule has 22 heavy (non-hydrogen) atoms. The molecule has 0 aromatic carbocycles. The second kappa shape index (κ2) is 6.58. The van der Waals surface area contributed by atoms with E-state index in [9.17, 15) is 0 Å². The van der Waals surface area contributed by atoms with Gasteiger partial charge in [0.15, 0.2) is 24.1 Å². The second-order valence-corrected chi connectivity index (χ2v) is 6.16. The van der Waals surface area contributed by atoms with Crippen LogP contribution in [0, 0.1) is 5.92 Å². The van der Waals surface area contributed by atoms with Crippen LogP contribution in [-0.4, -0.2) is 38.0 Å². The Hall–Kier alpha value is -1.08. The number of hydrogen-bond donors (Lipinski definition) is 0. The lowest BCUT2D eigenvalue weighted by Crippen LogP contribution is -2.35. The highest BCUT2D eigenvalue weighted by Crippen LogP contribution is 2.37. The first-order chi connectivity index (χ1) is 10.6. The van der Waals surface area contributed by atoms with Crippen molar-refractivity contribution in [1.82, 2.24) is 0 Å². The Morgan fingerprint density at radius 2 is 2.05 bits per heavy atom. The van der Waals surface area contributed by atoms with Crippen LogP contribution in [-0.2, 0) is 25.6 Å². The van der Waals surface area contributed by atoms with Crippen molar-refractivity contribution in [2.75, 3.05) is 7.11 Å². The predicted octanol–water partition coefficient (Wildman–Crippen LogP) is 2.71. The molecule has 3 heterocycles. The molecule has 0 saturated carbocycles. The van der Waals surface area contributed by atoms with Gasteiger partial charge in [0, 0.05) is 6.07 Å². The minimum atomic E-state index is -0.345. The van der Waals surface area contributed by atoms with Crippen molar-refractivity contribution in [3.63, 3.8) is 0 Å². The minimum Gasteiger partial charge on any atom is -0.493 e. The Morgan fingerprint density at radius 3 is 2.77 bits per heavy atom. The van der Waals surface area contributed by atoms with Gasteiger partial charge in [0.1, 0.15) is 18.8 Å². The molecule has 2 fully saturated rings. The minimum absolute atomic E-state index is 0.0385. The van der Waals surface area contributed by atoms with Crippen molar-refractivity contribution < 1.29 is 28.1 Å². The second-order valence-electron chi connectivity index (χ2n) is 6.16. The Labute approximate surface area is 130 Å². The normalized spacial score (nSPS) is 34.3. The predicted molar refractivity (Wildman–Crippen MR) is 77.4 cm³/mol. The Balaban J connectivity index is 1.67. The average Bonchev–Trinajstić information content (AvgIpc) is 3.11. The third-order valence-electron chi connectivity index (χ3n) is 3.98. The molecule has 3 rings (SSSR count). The van der Waals surface area contributed by atoms with Crippen LogP contribution in [0.1, 0.15) is 33.0 Å². The highest BCUT2D eigenvalue weighted by atomic mass is 16.8. The molecule has 2 saturated heterocycles. The summed E-state index contributed by atoms with van der Waals surface area (Å²) >= 11 is 0. The van der Waals surface area contributed by atoms with Crippen molar-refractivity contribution in [3.05, 3.63) is 18.1 Å². The fourth-order valence-electron chi connectivity index (χ4n) is 3.03. The van der Waals surface area contributed by atoms with Crippen LogP contribution in [0.5, 0.6) is 5.75 Å². The number of furan rings is 1. The van der Waals surface area contributed by atoms with E-state index in [-0.39, 0.29) is 30.9 Å². The lowest BCUT2D eigenvalue weighted by atomic mass is 10.0. The summed E-state index contributed by atoms with van der Waals surface area (Å²) in [7, 11) is 1.61. The van der Waals surface area contributed by atoms with Crippen LogP contribution >= 0.6 is 0 Å². The summed E-state index contributed by atoms with van der Waals surface area (Å²) < 4.78 is 34.1. The summed E-state index contributed by atoms with van der Waals surface area (Å²) in [6, 6.07) is 1.77. The van der Waals surface area contributed by atoms with Crippen LogP contribution < -0.4 is 4.74 Å². The molecule has 0 amide bonds. The molecule has 1 aromatic rings. The van der Waals surface area contributed by atoms with Gasteiger partial charge in [-0.15, -0.1) is 0 Å². The molecule has 6 nitrogen and oxygen atoms in total. The number of fused-ring (bicyclic) bond motifs is 1. The van der Waals surface area contributed by atoms with Gasteiger partial charge in [-0.25, -0.2) is 0 Å². The van der Waals surface area contributed by atoms with Gasteiger partial charge in [-0.2, -0.15) is 0 Å². The number of methoxy groups -OCH3 is 1. The van der Waals surface area contributed by atoms with E-state index < -0.39 is 0 Å². The smallest absolute Gasteiger partial charge is 0.189 e. The zero-order valence-corrected chi connectivity index (χ0v) is 13.5. The van der Waals surface area contributed by atoms with Gasteiger partial charge in [0.05, 0.1) is 19.5 Å². The summed E-state index contributed by atoms with van der Waals surface area (Å²) in [4.78, 5) is 0. The Bertz CT molecular complexity index is 485. The van der Waals surface area contributed by atoms with E-state index >= 15 is 0 Å². The van der Waals surface area contributed by atoms with E-state index in [1.54, 1.807) is 19.4 Å². The largest absolute Gasteiger partial charge is 0.493 e. The van der Waals surface area contributed by atoms with Gasteiger partial charge >= 0.3 is 0 Å². The van der Waals surface area contributed by atoms with E-state index in [2.05, 4.69) is 13.8 Å². The van der Waals surface area contributed by atoms with Gasteiger partial charge in [0.25, 0.3) is 0 Å². The van der Waals surface area contributed by atoms with E-state index in [1.807, 2.05) is 6.92 Å². The third-order valence-corrected chi connectivity index (χ3v) is 3.98. The molecule has 0 aliphatic carbocycles. The Morgan fingerprint density at radius 1 is 1.23 bits per heavy atom. The van der Waals surface area contributed by atoms with E-state index in [1.165, 1.54) is 0 Å². The molecule has 0 N–H and O–H groups in total. The van der Waals surface area contributed by atoms with Gasteiger partial charge < -0.3 is 28.1 Å². The van der Waals surface area contributed by atoms with Crippen molar-refractivity contribution in [3.8, 4) is 5.75 Å². The van der Waals surface area contributed by atoms with Gasteiger partial charge in [-0.05, 0) is 19.3 Å². The van der Waals surface area contributed by atoms with Crippen molar-refractivity contribution in [1.29, 1.82) is 0 Å². The molecule has 6 heteroatoms. The third kappa shape index (κ3) is 3.15. The topological polar surface area (TPSA) is 59.3 Å². The number of ether oxygens (including phenoxy) is 5. The molecule has 1 aromatic heterocycles. The molecule has 2 aliphatic rings. The van der Waals surface area contributed by atoms with Crippen LogP contribution in [0.4, 0.5) is 0 Å². The molecule has 2 aliphatic heterocycles. The molecule has 0 spiro atoms.